The molecule has 0 saturated carbocycles. The zero-order chi connectivity index (χ0) is 23.0. The highest BCUT2D eigenvalue weighted by atomic mass is 32.1. The minimum absolute atomic E-state index is 0.0542. The van der Waals surface area contributed by atoms with E-state index in [4.69, 9.17) is 4.74 Å². The summed E-state index contributed by atoms with van der Waals surface area (Å²) in [4.78, 5) is 16.5. The minimum Gasteiger partial charge on any atom is -0.488 e. The van der Waals surface area contributed by atoms with Crippen LogP contribution in [0.4, 0.5) is 17.6 Å². The molecule has 6 nitrogen and oxygen atoms in total. The monoisotopic (exact) mass is 465 g/mol. The first-order chi connectivity index (χ1) is 15.1. The van der Waals surface area contributed by atoms with E-state index < -0.39 is 23.3 Å². The lowest BCUT2D eigenvalue weighted by atomic mass is 10.1. The molecule has 0 amide bonds. The molecule has 166 valence electrons. The first-order valence-corrected chi connectivity index (χ1v) is 10.0. The minimum atomic E-state index is -4.40. The second kappa shape index (κ2) is 8.23. The highest BCUT2D eigenvalue weighted by Crippen LogP contribution is 2.33. The van der Waals surface area contributed by atoms with E-state index in [0.29, 0.717) is 16.3 Å². The van der Waals surface area contributed by atoms with Crippen LogP contribution >= 0.6 is 11.3 Å². The smallest absolute Gasteiger partial charge is 0.441 e. The molecule has 0 spiro atoms. The van der Waals surface area contributed by atoms with Crippen molar-refractivity contribution in [2.45, 2.75) is 19.7 Å². The van der Waals surface area contributed by atoms with Crippen molar-refractivity contribution < 1.29 is 26.8 Å². The first kappa shape index (κ1) is 21.8. The molecule has 4 aromatic rings. The average molecular weight is 465 g/mol. The van der Waals surface area contributed by atoms with Crippen LogP contribution in [0.15, 0.2) is 51.8 Å². The Kier molecular flexibility index (Phi) is 5.59. The first-order valence-electron chi connectivity index (χ1n) is 9.23. The number of ether oxygens (including phenoxy) is 1. The van der Waals surface area contributed by atoms with Crippen LogP contribution in [0, 0.1) is 12.7 Å². The van der Waals surface area contributed by atoms with Gasteiger partial charge in [-0.05, 0) is 31.2 Å². The van der Waals surface area contributed by atoms with Gasteiger partial charge >= 0.3 is 11.9 Å². The molecule has 2 heterocycles. The van der Waals surface area contributed by atoms with Crippen LogP contribution in [0.5, 0.6) is 5.75 Å². The third-order valence-corrected chi connectivity index (χ3v) is 5.88. The number of aromatic nitrogens is 3. The fourth-order valence-electron chi connectivity index (χ4n) is 2.92. The van der Waals surface area contributed by atoms with Crippen LogP contribution < -0.4 is 10.5 Å². The van der Waals surface area contributed by atoms with E-state index in [0.717, 1.165) is 21.6 Å². The van der Waals surface area contributed by atoms with E-state index in [-0.39, 0.29) is 23.7 Å². The molecule has 2 aromatic heterocycles. The van der Waals surface area contributed by atoms with E-state index in [9.17, 15) is 22.4 Å². The van der Waals surface area contributed by atoms with E-state index in [1.807, 2.05) is 0 Å². The molecule has 0 unspecified atom stereocenters. The molecule has 2 aromatic carbocycles. The van der Waals surface area contributed by atoms with Crippen LogP contribution in [0.25, 0.3) is 22.0 Å². The van der Waals surface area contributed by atoms with Gasteiger partial charge in [-0.25, -0.2) is 14.2 Å². The van der Waals surface area contributed by atoms with Crippen LogP contribution in [0.3, 0.4) is 0 Å². The number of hydrogen-bond acceptors (Lipinski definition) is 6. The molecule has 11 heteroatoms. The third-order valence-electron chi connectivity index (χ3n) is 4.70. The van der Waals surface area contributed by atoms with Crippen LogP contribution in [0.2, 0.25) is 0 Å². The number of rotatable bonds is 5. The average Bonchev–Trinajstić information content (AvgIpc) is 3.28. The molecule has 32 heavy (non-hydrogen) atoms. The van der Waals surface area contributed by atoms with Gasteiger partial charge in [0.15, 0.2) is 5.82 Å². The number of nitrogens with zero attached hydrogens (tertiary/aromatic N) is 3. The summed E-state index contributed by atoms with van der Waals surface area (Å²) in [6.07, 6.45) is -4.40. The Labute approximate surface area is 182 Å². The van der Waals surface area contributed by atoms with Gasteiger partial charge in [0.05, 0.1) is 21.7 Å². The van der Waals surface area contributed by atoms with E-state index in [1.54, 1.807) is 6.92 Å². The summed E-state index contributed by atoms with van der Waals surface area (Å²) in [5.74, 6) is -1.04. The number of alkyl halides is 3. The lowest BCUT2D eigenvalue weighted by Gasteiger charge is -2.07. The van der Waals surface area contributed by atoms with Crippen molar-refractivity contribution in [1.29, 1.82) is 0 Å². The summed E-state index contributed by atoms with van der Waals surface area (Å²) < 4.78 is 64.0. The molecule has 4 rings (SSSR count). The lowest BCUT2D eigenvalue weighted by molar-refractivity contribution is -0.137. The maximum atomic E-state index is 14.5. The van der Waals surface area contributed by atoms with Crippen LogP contribution in [0.1, 0.15) is 16.1 Å². The van der Waals surface area contributed by atoms with Gasteiger partial charge in [-0.1, -0.05) is 17.3 Å². The largest absolute Gasteiger partial charge is 0.488 e. The summed E-state index contributed by atoms with van der Waals surface area (Å²) in [6, 6.07) is 8.89. The summed E-state index contributed by atoms with van der Waals surface area (Å²) in [5.41, 5.74) is 0.587. The van der Waals surface area contributed by atoms with Crippen molar-refractivity contribution in [3.05, 3.63) is 75.0 Å². The second-order valence-corrected chi connectivity index (χ2v) is 7.95. The second-order valence-electron chi connectivity index (χ2n) is 6.86. The van der Waals surface area contributed by atoms with E-state index in [2.05, 4.69) is 14.7 Å². The van der Waals surface area contributed by atoms with E-state index in [1.165, 1.54) is 48.7 Å². The molecule has 0 aliphatic carbocycles. The molecule has 0 bridgehead atoms. The number of hydrogen-bond donors (Lipinski definition) is 0. The van der Waals surface area contributed by atoms with Crippen molar-refractivity contribution in [1.82, 2.24) is 14.7 Å². The van der Waals surface area contributed by atoms with Crippen LogP contribution in [-0.4, -0.2) is 14.7 Å². The van der Waals surface area contributed by atoms with Gasteiger partial charge in [-0.3, -0.25) is 9.09 Å². The zero-order valence-electron chi connectivity index (χ0n) is 16.7. The Morgan fingerprint density at radius 1 is 1.16 bits per heavy atom. The summed E-state index contributed by atoms with van der Waals surface area (Å²) in [7, 11) is 1.42. The maximum Gasteiger partial charge on any atom is 0.441 e. The van der Waals surface area contributed by atoms with Gasteiger partial charge < -0.3 is 4.74 Å². The van der Waals surface area contributed by atoms with Gasteiger partial charge in [-0.2, -0.15) is 13.2 Å². The van der Waals surface area contributed by atoms with Gasteiger partial charge in [0.1, 0.15) is 23.2 Å². The van der Waals surface area contributed by atoms with E-state index >= 15 is 0 Å². The molecule has 0 atom stereocenters. The van der Waals surface area contributed by atoms with Gasteiger partial charge in [-0.15, -0.1) is 11.3 Å². The SMILES string of the molecule is Cc1nc(-c2ccc(C(F)(F)F)cc2)sc1COc1ccc(-c2noc(=O)n2C)c(F)c1. The van der Waals surface area contributed by atoms with Crippen molar-refractivity contribution in [3.63, 3.8) is 0 Å². The number of halogens is 4. The molecule has 0 fully saturated rings. The quantitative estimate of drug-likeness (QED) is 0.379. The molecular weight excluding hydrogens is 450 g/mol. The highest BCUT2D eigenvalue weighted by molar-refractivity contribution is 7.15. The topological polar surface area (TPSA) is 70.2 Å². The van der Waals surface area contributed by atoms with Crippen molar-refractivity contribution in [2.24, 2.45) is 7.05 Å². The molecule has 0 aliphatic rings. The predicted molar refractivity (Wildman–Crippen MR) is 109 cm³/mol. The standard InChI is InChI=1S/C21H15F4N3O3S/c1-11-17(32-19(26-11)12-3-5-13(6-4-12)21(23,24)25)10-30-14-7-8-15(16(22)9-14)18-27-31-20(29)28(18)2/h3-9H,10H2,1-2H3. The number of benzene rings is 2. The van der Waals surface area contributed by atoms with Crippen LogP contribution in [-0.2, 0) is 19.8 Å². The summed E-state index contributed by atoms with van der Waals surface area (Å²) in [6.45, 7) is 1.86. The Hall–Kier alpha value is -3.47. The predicted octanol–water partition coefficient (Wildman–Crippen LogP) is 5.21. The Bertz CT molecular complexity index is 1320. The number of thiazole rings is 1. The zero-order valence-corrected chi connectivity index (χ0v) is 17.6. The van der Waals surface area contributed by atoms with Gasteiger partial charge in [0.25, 0.3) is 0 Å². The molecule has 0 radical (unpaired) electrons. The summed E-state index contributed by atoms with van der Waals surface area (Å²) in [5, 5.41) is 4.12. The van der Waals surface area contributed by atoms with Gasteiger partial charge in [0.2, 0.25) is 0 Å². The fraction of sp³-hybridized carbons (Fsp3) is 0.190. The maximum absolute atomic E-state index is 14.5. The third kappa shape index (κ3) is 4.28. The Morgan fingerprint density at radius 2 is 1.88 bits per heavy atom. The Balaban J connectivity index is 1.49. The molecule has 0 N–H and O–H groups in total. The van der Waals surface area contributed by atoms with Crippen molar-refractivity contribution >= 4 is 11.3 Å². The van der Waals surface area contributed by atoms with Gasteiger partial charge in [0, 0.05) is 18.7 Å². The summed E-state index contributed by atoms with van der Waals surface area (Å²) >= 11 is 1.28. The molecule has 0 saturated heterocycles. The molecular formula is C21H15F4N3O3S. The van der Waals surface area contributed by atoms with Crippen molar-refractivity contribution in [2.75, 3.05) is 0 Å². The fourth-order valence-corrected chi connectivity index (χ4v) is 3.91. The normalized spacial score (nSPS) is 11.7. The Morgan fingerprint density at radius 3 is 2.47 bits per heavy atom. The number of aryl methyl sites for hydroxylation is 1. The van der Waals surface area contributed by atoms with Crippen molar-refractivity contribution in [3.8, 4) is 27.7 Å². The highest BCUT2D eigenvalue weighted by Gasteiger charge is 2.30. The molecule has 0 aliphatic heterocycles. The lowest BCUT2D eigenvalue weighted by Crippen LogP contribution is -2.10.